The van der Waals surface area contributed by atoms with Crippen LogP contribution in [0.1, 0.15) is 18.9 Å². The van der Waals surface area contributed by atoms with E-state index in [-0.39, 0.29) is 30.5 Å². The molecule has 1 fully saturated rings. The molecule has 2 heterocycles. The number of hydrogen-bond donors (Lipinski definition) is 1. The number of fused-ring (bicyclic) bond motifs is 1. The summed E-state index contributed by atoms with van der Waals surface area (Å²) in [5.41, 5.74) is 2.25. The highest BCUT2D eigenvalue weighted by Crippen LogP contribution is 2.35. The first kappa shape index (κ1) is 21.7. The topological polar surface area (TPSA) is 79.0 Å². The minimum Gasteiger partial charge on any atom is -0.404 e. The van der Waals surface area contributed by atoms with Crippen LogP contribution in [0.2, 0.25) is 0 Å². The zero-order chi connectivity index (χ0) is 23.0. The molecule has 1 saturated heterocycles. The van der Waals surface area contributed by atoms with Crippen LogP contribution >= 0.6 is 0 Å². The summed E-state index contributed by atoms with van der Waals surface area (Å²) in [5, 5.41) is 2.44. The number of alkyl halides is 3. The molecule has 4 rings (SSSR count). The number of rotatable bonds is 4. The molecule has 3 amide bonds. The number of para-hydroxylation sites is 2. The van der Waals surface area contributed by atoms with Gasteiger partial charge >= 0.3 is 6.36 Å². The van der Waals surface area contributed by atoms with Crippen molar-refractivity contribution in [3.8, 4) is 5.75 Å². The third-order valence-electron chi connectivity index (χ3n) is 5.52. The van der Waals surface area contributed by atoms with E-state index < -0.39 is 23.9 Å². The van der Waals surface area contributed by atoms with Gasteiger partial charge in [0.2, 0.25) is 17.7 Å². The molecule has 2 aromatic rings. The number of halogens is 3. The lowest BCUT2D eigenvalue weighted by Gasteiger charge is -2.19. The van der Waals surface area contributed by atoms with Crippen LogP contribution in [0.15, 0.2) is 42.5 Å². The number of nitrogens with one attached hydrogen (secondary N) is 1. The largest absolute Gasteiger partial charge is 0.573 e. The van der Waals surface area contributed by atoms with Gasteiger partial charge in [-0.05, 0) is 42.3 Å². The Morgan fingerprint density at radius 2 is 1.91 bits per heavy atom. The Kier molecular flexibility index (Phi) is 5.53. The number of hydrogen-bond acceptors (Lipinski definition) is 4. The molecule has 0 saturated carbocycles. The second-order valence-corrected chi connectivity index (χ2v) is 7.67. The van der Waals surface area contributed by atoms with Gasteiger partial charge in [0.05, 0.1) is 11.6 Å². The Morgan fingerprint density at radius 3 is 2.62 bits per heavy atom. The third-order valence-corrected chi connectivity index (χ3v) is 5.52. The van der Waals surface area contributed by atoms with Gasteiger partial charge in [0.1, 0.15) is 0 Å². The van der Waals surface area contributed by atoms with Crippen LogP contribution in [0.25, 0.3) is 0 Å². The summed E-state index contributed by atoms with van der Waals surface area (Å²) >= 11 is 0. The van der Waals surface area contributed by atoms with E-state index in [4.69, 9.17) is 0 Å². The highest BCUT2D eigenvalue weighted by atomic mass is 19.4. The van der Waals surface area contributed by atoms with E-state index in [0.29, 0.717) is 18.7 Å². The lowest BCUT2D eigenvalue weighted by molar-refractivity contribution is -0.274. The van der Waals surface area contributed by atoms with E-state index in [1.54, 1.807) is 17.0 Å². The number of carbonyl (C=O) groups excluding carboxylic acids is 3. The fraction of sp³-hybridized carbons (Fsp3) is 0.318. The molecule has 0 radical (unpaired) electrons. The van der Waals surface area contributed by atoms with Gasteiger partial charge in [-0.25, -0.2) is 0 Å². The molecule has 10 heteroatoms. The Bertz CT molecular complexity index is 1090. The smallest absolute Gasteiger partial charge is 0.404 e. The molecule has 0 bridgehead atoms. The van der Waals surface area contributed by atoms with Gasteiger partial charge in [0, 0.05) is 37.8 Å². The minimum atomic E-state index is -4.90. The summed E-state index contributed by atoms with van der Waals surface area (Å²) in [7, 11) is 0. The summed E-state index contributed by atoms with van der Waals surface area (Å²) in [5.74, 6) is -2.14. The maximum absolute atomic E-state index is 12.7. The Balaban J connectivity index is 1.47. The maximum atomic E-state index is 12.7. The molecule has 168 valence electrons. The second-order valence-electron chi connectivity index (χ2n) is 7.67. The van der Waals surface area contributed by atoms with Gasteiger partial charge in [-0.15, -0.1) is 13.2 Å². The van der Waals surface area contributed by atoms with Gasteiger partial charge in [0.25, 0.3) is 0 Å². The van der Waals surface area contributed by atoms with Crippen LogP contribution in [-0.4, -0.2) is 37.2 Å². The number of ether oxygens (including phenoxy) is 1. The molecule has 7 nitrogen and oxygen atoms in total. The molecule has 2 aromatic carbocycles. The lowest BCUT2D eigenvalue weighted by Crippen LogP contribution is -2.28. The van der Waals surface area contributed by atoms with Crippen molar-refractivity contribution >= 4 is 34.8 Å². The van der Waals surface area contributed by atoms with Crippen LogP contribution in [0.5, 0.6) is 5.75 Å². The summed E-state index contributed by atoms with van der Waals surface area (Å²) in [4.78, 5) is 40.1. The number of nitrogens with zero attached hydrogens (tertiary/aromatic N) is 2. The van der Waals surface area contributed by atoms with E-state index in [9.17, 15) is 27.6 Å². The van der Waals surface area contributed by atoms with Crippen LogP contribution in [-0.2, 0) is 20.8 Å². The highest BCUT2D eigenvalue weighted by molar-refractivity contribution is 6.04. The fourth-order valence-corrected chi connectivity index (χ4v) is 4.03. The monoisotopic (exact) mass is 447 g/mol. The number of carbonyl (C=O) groups is 3. The van der Waals surface area contributed by atoms with Crippen LogP contribution in [0.4, 0.5) is 30.2 Å². The zero-order valence-corrected chi connectivity index (χ0v) is 17.1. The van der Waals surface area contributed by atoms with Crippen molar-refractivity contribution in [2.24, 2.45) is 5.92 Å². The van der Waals surface area contributed by atoms with Crippen molar-refractivity contribution in [2.45, 2.75) is 26.1 Å². The average molecular weight is 447 g/mol. The predicted molar refractivity (Wildman–Crippen MR) is 110 cm³/mol. The van der Waals surface area contributed by atoms with Crippen molar-refractivity contribution < 1.29 is 32.3 Å². The standard InChI is InChI=1S/C22H20F3N3O4/c1-13(29)27-9-8-14-10-16(6-7-18(14)27)28-12-15(11-20(28)30)21(31)26-17-4-2-3-5-19(17)32-22(23,24)25/h2-7,10,15H,8-9,11-12H2,1H3,(H,26,31)/t15-/m1/s1. The van der Waals surface area contributed by atoms with E-state index in [2.05, 4.69) is 10.1 Å². The van der Waals surface area contributed by atoms with E-state index in [0.717, 1.165) is 17.3 Å². The highest BCUT2D eigenvalue weighted by Gasteiger charge is 2.37. The molecule has 1 N–H and O–H groups in total. The van der Waals surface area contributed by atoms with Crippen molar-refractivity contribution in [3.05, 3.63) is 48.0 Å². The van der Waals surface area contributed by atoms with Gasteiger partial charge in [-0.2, -0.15) is 0 Å². The van der Waals surface area contributed by atoms with Gasteiger partial charge in [-0.3, -0.25) is 14.4 Å². The van der Waals surface area contributed by atoms with Crippen LogP contribution in [0, 0.1) is 5.92 Å². The number of benzene rings is 2. The zero-order valence-electron chi connectivity index (χ0n) is 17.1. The molecule has 1 atom stereocenters. The molecule has 0 spiro atoms. The molecule has 2 aliphatic heterocycles. The molecular formula is C22H20F3N3O4. The van der Waals surface area contributed by atoms with Gasteiger partial charge < -0.3 is 19.9 Å². The molecular weight excluding hydrogens is 427 g/mol. The van der Waals surface area contributed by atoms with Crippen LogP contribution in [0.3, 0.4) is 0 Å². The summed E-state index contributed by atoms with van der Waals surface area (Å²) in [6.45, 7) is 2.17. The molecule has 2 aliphatic rings. The lowest BCUT2D eigenvalue weighted by atomic mass is 10.1. The summed E-state index contributed by atoms with van der Waals surface area (Å²) in [6.07, 6.45) is -4.29. The molecule has 0 aliphatic carbocycles. The third kappa shape index (κ3) is 4.39. The van der Waals surface area contributed by atoms with E-state index >= 15 is 0 Å². The first-order valence-electron chi connectivity index (χ1n) is 9.99. The van der Waals surface area contributed by atoms with E-state index in [1.165, 1.54) is 30.0 Å². The number of amides is 3. The fourth-order valence-electron chi connectivity index (χ4n) is 4.03. The van der Waals surface area contributed by atoms with Gasteiger partial charge in [0.15, 0.2) is 5.75 Å². The normalized spacial score (nSPS) is 18.0. The first-order valence-corrected chi connectivity index (χ1v) is 9.99. The van der Waals surface area contributed by atoms with Gasteiger partial charge in [-0.1, -0.05) is 12.1 Å². The van der Waals surface area contributed by atoms with Crippen LogP contribution < -0.4 is 19.9 Å². The summed E-state index contributed by atoms with van der Waals surface area (Å²) < 4.78 is 41.8. The van der Waals surface area contributed by atoms with Crippen molar-refractivity contribution in [1.29, 1.82) is 0 Å². The predicted octanol–water partition coefficient (Wildman–Crippen LogP) is 3.49. The minimum absolute atomic E-state index is 0.0553. The van der Waals surface area contributed by atoms with Crippen molar-refractivity contribution in [2.75, 3.05) is 28.2 Å². The SMILES string of the molecule is CC(=O)N1CCc2cc(N3C[C@H](C(=O)Nc4ccccc4OC(F)(F)F)CC3=O)ccc21. The van der Waals surface area contributed by atoms with Crippen molar-refractivity contribution in [3.63, 3.8) is 0 Å². The Morgan fingerprint density at radius 1 is 1.16 bits per heavy atom. The number of anilines is 3. The molecule has 32 heavy (non-hydrogen) atoms. The summed E-state index contributed by atoms with van der Waals surface area (Å²) in [6, 6.07) is 10.6. The van der Waals surface area contributed by atoms with E-state index in [1.807, 2.05) is 6.07 Å². The second kappa shape index (κ2) is 8.18. The van der Waals surface area contributed by atoms with Crippen molar-refractivity contribution in [1.82, 2.24) is 0 Å². The Hall–Kier alpha value is -3.56. The molecule has 0 unspecified atom stereocenters. The first-order chi connectivity index (χ1) is 15.1. The average Bonchev–Trinajstić information content (AvgIpc) is 3.31. The Labute approximate surface area is 181 Å². The molecule has 0 aromatic heterocycles. The maximum Gasteiger partial charge on any atom is 0.573 e. The quantitative estimate of drug-likeness (QED) is 0.779.